The third-order valence-electron chi connectivity index (χ3n) is 4.92. The number of fused-ring (bicyclic) bond motifs is 4. The van der Waals surface area contributed by atoms with Crippen LogP contribution in [0.3, 0.4) is 0 Å². The van der Waals surface area contributed by atoms with Gasteiger partial charge in [0.2, 0.25) is 6.79 Å². The molecule has 0 N–H and O–H groups in total. The van der Waals surface area contributed by atoms with Crippen LogP contribution in [0.4, 0.5) is 0 Å². The predicted octanol–water partition coefficient (Wildman–Crippen LogP) is 3.47. The Morgan fingerprint density at radius 2 is 2.00 bits per heavy atom. The van der Waals surface area contributed by atoms with Crippen LogP contribution in [0.1, 0.15) is 36.2 Å². The summed E-state index contributed by atoms with van der Waals surface area (Å²) >= 11 is 0. The molecule has 26 heavy (non-hydrogen) atoms. The number of rotatable bonds is 4. The monoisotopic (exact) mass is 349 g/mol. The number of aromatic nitrogens is 3. The highest BCUT2D eigenvalue weighted by molar-refractivity contribution is 5.61. The summed E-state index contributed by atoms with van der Waals surface area (Å²) in [6, 6.07) is 12.3. The molecule has 3 aromatic rings. The van der Waals surface area contributed by atoms with Crippen molar-refractivity contribution in [2.45, 2.75) is 25.7 Å². The summed E-state index contributed by atoms with van der Waals surface area (Å²) in [6.07, 6.45) is 3.49. The maximum absolute atomic E-state index is 6.02. The largest absolute Gasteiger partial charge is 0.493 e. The molecule has 0 bridgehead atoms. The molecule has 0 amide bonds. The molecule has 2 aliphatic rings. The van der Waals surface area contributed by atoms with Crippen molar-refractivity contribution in [3.63, 3.8) is 0 Å². The first kappa shape index (κ1) is 15.3. The zero-order chi connectivity index (χ0) is 17.5. The van der Waals surface area contributed by atoms with Gasteiger partial charge in [0, 0.05) is 24.0 Å². The molecule has 6 nitrogen and oxygen atoms in total. The second-order valence-corrected chi connectivity index (χ2v) is 6.52. The van der Waals surface area contributed by atoms with Crippen molar-refractivity contribution in [2.24, 2.45) is 0 Å². The van der Waals surface area contributed by atoms with Gasteiger partial charge < -0.3 is 14.2 Å². The van der Waals surface area contributed by atoms with Crippen molar-refractivity contribution in [1.82, 2.24) is 14.8 Å². The highest BCUT2D eigenvalue weighted by atomic mass is 16.7. The molecule has 6 heteroatoms. The van der Waals surface area contributed by atoms with Gasteiger partial charge in [0.15, 0.2) is 11.5 Å². The molecule has 3 heterocycles. The summed E-state index contributed by atoms with van der Waals surface area (Å²) in [7, 11) is 0. The van der Waals surface area contributed by atoms with E-state index in [1.165, 1.54) is 5.56 Å². The lowest BCUT2D eigenvalue weighted by atomic mass is 9.84. The van der Waals surface area contributed by atoms with Crippen LogP contribution in [0.15, 0.2) is 42.7 Å². The Kier molecular flexibility index (Phi) is 3.55. The lowest BCUT2D eigenvalue weighted by molar-refractivity contribution is 0.174. The van der Waals surface area contributed by atoms with Gasteiger partial charge in [0.1, 0.15) is 17.9 Å². The van der Waals surface area contributed by atoms with E-state index in [1.807, 2.05) is 22.8 Å². The van der Waals surface area contributed by atoms with Gasteiger partial charge in [0.05, 0.1) is 12.3 Å². The molecular formula is C20H19N3O3. The highest BCUT2D eigenvalue weighted by Crippen LogP contribution is 2.45. The van der Waals surface area contributed by atoms with E-state index < -0.39 is 0 Å². The summed E-state index contributed by atoms with van der Waals surface area (Å²) in [4.78, 5) is 0. The van der Waals surface area contributed by atoms with Crippen LogP contribution in [0.25, 0.3) is 5.69 Å². The van der Waals surface area contributed by atoms with Gasteiger partial charge in [-0.15, -0.1) is 10.2 Å². The first-order valence-corrected chi connectivity index (χ1v) is 8.89. The SMILES string of the molecule is CCCOc1ccccc1C1Cc2nncn2-c2cc3c(cc21)OCO3. The van der Waals surface area contributed by atoms with E-state index in [0.717, 1.165) is 47.2 Å². The van der Waals surface area contributed by atoms with E-state index in [2.05, 4.69) is 35.3 Å². The zero-order valence-electron chi connectivity index (χ0n) is 14.5. The molecule has 2 aromatic carbocycles. The minimum Gasteiger partial charge on any atom is -0.493 e. The number of hydrogen-bond acceptors (Lipinski definition) is 5. The fourth-order valence-corrected chi connectivity index (χ4v) is 3.72. The van der Waals surface area contributed by atoms with E-state index in [9.17, 15) is 0 Å². The molecule has 0 saturated carbocycles. The molecule has 1 atom stereocenters. The fourth-order valence-electron chi connectivity index (χ4n) is 3.72. The van der Waals surface area contributed by atoms with Gasteiger partial charge in [-0.3, -0.25) is 4.57 Å². The Labute approximate surface area is 151 Å². The van der Waals surface area contributed by atoms with Crippen LogP contribution < -0.4 is 14.2 Å². The third-order valence-corrected chi connectivity index (χ3v) is 4.92. The average Bonchev–Trinajstić information content (AvgIpc) is 3.33. The first-order valence-electron chi connectivity index (χ1n) is 8.89. The van der Waals surface area contributed by atoms with Crippen molar-refractivity contribution >= 4 is 0 Å². The van der Waals surface area contributed by atoms with Gasteiger partial charge in [-0.05, 0) is 24.1 Å². The second-order valence-electron chi connectivity index (χ2n) is 6.52. The van der Waals surface area contributed by atoms with Crippen molar-refractivity contribution in [3.05, 3.63) is 59.7 Å². The van der Waals surface area contributed by atoms with Gasteiger partial charge in [-0.2, -0.15) is 0 Å². The van der Waals surface area contributed by atoms with Crippen LogP contribution in [0, 0.1) is 0 Å². The first-order chi connectivity index (χ1) is 12.8. The van der Waals surface area contributed by atoms with E-state index in [0.29, 0.717) is 6.61 Å². The van der Waals surface area contributed by atoms with Crippen molar-refractivity contribution in [3.8, 4) is 22.9 Å². The Balaban J connectivity index is 1.67. The molecule has 0 aliphatic carbocycles. The number of ether oxygens (including phenoxy) is 3. The summed E-state index contributed by atoms with van der Waals surface area (Å²) in [6.45, 7) is 3.07. The molecule has 5 rings (SSSR count). The van der Waals surface area contributed by atoms with Crippen LogP contribution in [0.2, 0.25) is 0 Å². The molecule has 1 unspecified atom stereocenters. The second kappa shape index (κ2) is 6.05. The maximum Gasteiger partial charge on any atom is 0.231 e. The third kappa shape index (κ3) is 2.33. The smallest absolute Gasteiger partial charge is 0.231 e. The van der Waals surface area contributed by atoms with E-state index in [-0.39, 0.29) is 12.7 Å². The average molecular weight is 349 g/mol. The van der Waals surface area contributed by atoms with Gasteiger partial charge in [-0.1, -0.05) is 25.1 Å². The Morgan fingerprint density at radius 1 is 1.15 bits per heavy atom. The molecule has 0 radical (unpaired) electrons. The summed E-state index contributed by atoms with van der Waals surface area (Å²) in [5, 5.41) is 8.42. The predicted molar refractivity (Wildman–Crippen MR) is 95.3 cm³/mol. The van der Waals surface area contributed by atoms with Gasteiger partial charge in [0.25, 0.3) is 0 Å². The Bertz CT molecular complexity index is 967. The fraction of sp³-hybridized carbons (Fsp3) is 0.300. The topological polar surface area (TPSA) is 58.4 Å². The van der Waals surface area contributed by atoms with E-state index in [4.69, 9.17) is 14.2 Å². The number of hydrogen-bond donors (Lipinski definition) is 0. The van der Waals surface area contributed by atoms with Crippen molar-refractivity contribution in [2.75, 3.05) is 13.4 Å². The van der Waals surface area contributed by atoms with Gasteiger partial charge >= 0.3 is 0 Å². The minimum atomic E-state index is 0.129. The van der Waals surface area contributed by atoms with E-state index >= 15 is 0 Å². The quantitative estimate of drug-likeness (QED) is 0.722. The summed E-state index contributed by atoms with van der Waals surface area (Å²) in [5.41, 5.74) is 3.38. The normalized spacial score (nSPS) is 16.9. The van der Waals surface area contributed by atoms with Crippen molar-refractivity contribution < 1.29 is 14.2 Å². The van der Waals surface area contributed by atoms with E-state index in [1.54, 1.807) is 6.33 Å². The molecule has 2 aliphatic heterocycles. The van der Waals surface area contributed by atoms with Crippen molar-refractivity contribution in [1.29, 1.82) is 0 Å². The Hall–Kier alpha value is -3.02. The Morgan fingerprint density at radius 3 is 2.88 bits per heavy atom. The zero-order valence-corrected chi connectivity index (χ0v) is 14.5. The molecular weight excluding hydrogens is 330 g/mol. The van der Waals surface area contributed by atoms with Crippen LogP contribution in [0.5, 0.6) is 17.2 Å². The number of benzene rings is 2. The molecule has 0 saturated heterocycles. The summed E-state index contributed by atoms with van der Waals surface area (Å²) < 4.78 is 19.2. The molecule has 1 aromatic heterocycles. The maximum atomic E-state index is 6.02. The standard InChI is InChI=1S/C20H19N3O3/c1-2-7-24-17-6-4-3-5-13(17)14-9-20-22-21-11-23(20)16-10-19-18(8-15(14)16)25-12-26-19/h3-6,8,10-11,14H,2,7,9,12H2,1H3. The van der Waals surface area contributed by atoms with Crippen LogP contribution in [-0.2, 0) is 6.42 Å². The summed E-state index contributed by atoms with van der Waals surface area (Å²) in [5.74, 6) is 3.55. The van der Waals surface area contributed by atoms with Gasteiger partial charge in [-0.25, -0.2) is 0 Å². The molecule has 132 valence electrons. The van der Waals surface area contributed by atoms with Crippen LogP contribution >= 0.6 is 0 Å². The van der Waals surface area contributed by atoms with Crippen LogP contribution in [-0.4, -0.2) is 28.2 Å². The lowest BCUT2D eigenvalue weighted by Gasteiger charge is -2.28. The number of nitrogens with zero attached hydrogens (tertiary/aromatic N) is 3. The minimum absolute atomic E-state index is 0.129. The molecule has 0 fully saturated rings. The molecule has 0 spiro atoms. The number of para-hydroxylation sites is 1. The lowest BCUT2D eigenvalue weighted by Crippen LogP contribution is -2.19. The highest BCUT2D eigenvalue weighted by Gasteiger charge is 2.31.